The Morgan fingerprint density at radius 1 is 1.03 bits per heavy atom. The van der Waals surface area contributed by atoms with E-state index in [-0.39, 0.29) is 34.2 Å². The van der Waals surface area contributed by atoms with Gasteiger partial charge in [0.05, 0.1) is 22.0 Å². The molecule has 2 atom stereocenters. The number of hydrogen-bond acceptors (Lipinski definition) is 4. The molecule has 1 N–H and O–H groups in total. The monoisotopic (exact) mass is 541 g/mol. The Hall–Kier alpha value is -2.29. The zero-order chi connectivity index (χ0) is 26.3. The number of carbonyl (C=O) groups is 2. The van der Waals surface area contributed by atoms with Crippen LogP contribution in [0.5, 0.6) is 0 Å². The largest absolute Gasteiger partial charge is 0.352 e. The number of nitrogens with zero attached hydrogens (tertiary/aromatic N) is 2. The van der Waals surface area contributed by atoms with Crippen LogP contribution in [0.3, 0.4) is 0 Å². The van der Waals surface area contributed by atoms with E-state index in [2.05, 4.69) is 5.32 Å². The van der Waals surface area contributed by atoms with Gasteiger partial charge in [0.1, 0.15) is 12.6 Å². The maximum Gasteiger partial charge on any atom is 0.244 e. The van der Waals surface area contributed by atoms with E-state index < -0.39 is 28.5 Å². The number of anilines is 1. The van der Waals surface area contributed by atoms with E-state index >= 15 is 0 Å². The van der Waals surface area contributed by atoms with Gasteiger partial charge in [0.2, 0.25) is 21.8 Å². The van der Waals surface area contributed by atoms with E-state index in [0.717, 1.165) is 28.1 Å². The minimum absolute atomic E-state index is 0.0595. The molecule has 10 heteroatoms. The average Bonchev–Trinajstić information content (AvgIpc) is 2.79. The molecule has 0 heterocycles. The van der Waals surface area contributed by atoms with Crippen molar-refractivity contribution in [2.75, 3.05) is 17.1 Å². The Morgan fingerprint density at radius 3 is 2.23 bits per heavy atom. The zero-order valence-electron chi connectivity index (χ0n) is 20.7. The highest BCUT2D eigenvalue weighted by Gasteiger charge is 2.32. The molecule has 2 aromatic carbocycles. The minimum atomic E-state index is -3.85. The van der Waals surface area contributed by atoms with Gasteiger partial charge in [-0.1, -0.05) is 61.3 Å². The van der Waals surface area contributed by atoms with Crippen molar-refractivity contribution in [1.29, 1.82) is 0 Å². The van der Waals surface area contributed by atoms with Crippen LogP contribution >= 0.6 is 23.2 Å². The van der Waals surface area contributed by atoms with Crippen LogP contribution in [0.25, 0.3) is 0 Å². The van der Waals surface area contributed by atoms with Crippen LogP contribution in [-0.2, 0) is 26.2 Å². The second-order valence-corrected chi connectivity index (χ2v) is 11.3. The molecular weight excluding hydrogens is 509 g/mol. The van der Waals surface area contributed by atoms with E-state index in [4.69, 9.17) is 23.2 Å². The van der Waals surface area contributed by atoms with Gasteiger partial charge in [-0.15, -0.1) is 0 Å². The molecule has 35 heavy (non-hydrogen) atoms. The summed E-state index contributed by atoms with van der Waals surface area (Å²) < 4.78 is 26.3. The summed E-state index contributed by atoms with van der Waals surface area (Å²) in [6, 6.07) is 11.1. The number of aryl methyl sites for hydroxylation is 1. The van der Waals surface area contributed by atoms with Gasteiger partial charge in [0, 0.05) is 12.6 Å². The standard InChI is InChI=1S/C25H33Cl2N3O4S/c1-6-18(4)28-25(32)23(7-2)29(15-19-11-9-8-10-17(19)3)24(31)16-30(35(5,33)34)20-12-13-21(26)22(27)14-20/h8-14,18,23H,6-7,15-16H2,1-5H3,(H,28,32)/t18-,23+/m0/s1. The van der Waals surface area contributed by atoms with Crippen molar-refractivity contribution < 1.29 is 18.0 Å². The van der Waals surface area contributed by atoms with E-state index in [9.17, 15) is 18.0 Å². The third-order valence-electron chi connectivity index (χ3n) is 5.86. The lowest BCUT2D eigenvalue weighted by Gasteiger charge is -2.33. The van der Waals surface area contributed by atoms with E-state index in [1.807, 2.05) is 52.0 Å². The summed E-state index contributed by atoms with van der Waals surface area (Å²) in [5, 5.41) is 3.38. The molecule has 0 spiro atoms. The van der Waals surface area contributed by atoms with Crippen LogP contribution < -0.4 is 9.62 Å². The number of nitrogens with one attached hydrogen (secondary N) is 1. The average molecular weight is 543 g/mol. The molecule has 0 aliphatic rings. The van der Waals surface area contributed by atoms with Gasteiger partial charge in [-0.2, -0.15) is 0 Å². The van der Waals surface area contributed by atoms with Crippen LogP contribution in [0, 0.1) is 6.92 Å². The quantitative estimate of drug-likeness (QED) is 0.443. The van der Waals surface area contributed by atoms with Crippen LogP contribution in [0.1, 0.15) is 44.7 Å². The molecule has 0 aliphatic heterocycles. The predicted octanol–water partition coefficient (Wildman–Crippen LogP) is 4.79. The number of sulfonamides is 1. The molecule has 0 aromatic heterocycles. The fourth-order valence-electron chi connectivity index (χ4n) is 3.59. The summed E-state index contributed by atoms with van der Waals surface area (Å²) in [4.78, 5) is 28.3. The highest BCUT2D eigenvalue weighted by Crippen LogP contribution is 2.28. The number of hydrogen-bond donors (Lipinski definition) is 1. The second-order valence-electron chi connectivity index (χ2n) is 8.56. The lowest BCUT2D eigenvalue weighted by atomic mass is 10.1. The van der Waals surface area contributed by atoms with Crippen molar-refractivity contribution >= 4 is 50.7 Å². The van der Waals surface area contributed by atoms with Gasteiger partial charge in [0.25, 0.3) is 0 Å². The fourth-order valence-corrected chi connectivity index (χ4v) is 4.72. The van der Waals surface area contributed by atoms with Crippen molar-refractivity contribution in [3.05, 3.63) is 63.6 Å². The first-order valence-electron chi connectivity index (χ1n) is 11.5. The second kappa shape index (κ2) is 12.6. The van der Waals surface area contributed by atoms with Gasteiger partial charge >= 0.3 is 0 Å². The molecule has 0 saturated heterocycles. The lowest BCUT2D eigenvalue weighted by Crippen LogP contribution is -2.53. The molecule has 0 bridgehead atoms. The van der Waals surface area contributed by atoms with Crippen LogP contribution in [0.15, 0.2) is 42.5 Å². The Bertz CT molecular complexity index is 1160. The summed E-state index contributed by atoms with van der Waals surface area (Å²) in [7, 11) is -3.85. The van der Waals surface area contributed by atoms with E-state index in [0.29, 0.717) is 6.42 Å². The van der Waals surface area contributed by atoms with Crippen LogP contribution in [-0.4, -0.2) is 50.0 Å². The smallest absolute Gasteiger partial charge is 0.244 e. The summed E-state index contributed by atoms with van der Waals surface area (Å²) in [5.41, 5.74) is 2.05. The molecule has 192 valence electrons. The first-order valence-corrected chi connectivity index (χ1v) is 14.1. The van der Waals surface area contributed by atoms with Crippen LogP contribution in [0.4, 0.5) is 5.69 Å². The summed E-state index contributed by atoms with van der Waals surface area (Å²) in [5.74, 6) is -0.778. The maximum absolute atomic E-state index is 13.7. The Morgan fingerprint density at radius 2 is 1.69 bits per heavy atom. The van der Waals surface area contributed by atoms with Crippen molar-refractivity contribution in [3.63, 3.8) is 0 Å². The fraction of sp³-hybridized carbons (Fsp3) is 0.440. The number of carbonyl (C=O) groups excluding carboxylic acids is 2. The van der Waals surface area contributed by atoms with Gasteiger partial charge in [-0.3, -0.25) is 13.9 Å². The lowest BCUT2D eigenvalue weighted by molar-refractivity contribution is -0.140. The summed E-state index contributed by atoms with van der Waals surface area (Å²) in [6.07, 6.45) is 2.13. The Kier molecular flexibility index (Phi) is 10.4. The molecule has 0 fully saturated rings. The van der Waals surface area contributed by atoms with Crippen molar-refractivity contribution in [1.82, 2.24) is 10.2 Å². The normalized spacial score (nSPS) is 13.1. The number of benzene rings is 2. The third-order valence-corrected chi connectivity index (χ3v) is 7.74. The number of rotatable bonds is 11. The first-order chi connectivity index (χ1) is 16.4. The highest BCUT2D eigenvalue weighted by atomic mass is 35.5. The first kappa shape index (κ1) is 28.9. The van der Waals surface area contributed by atoms with E-state index in [1.165, 1.54) is 23.1 Å². The Balaban J connectivity index is 2.47. The minimum Gasteiger partial charge on any atom is -0.352 e. The summed E-state index contributed by atoms with van der Waals surface area (Å²) in [6.45, 7) is 7.28. The zero-order valence-corrected chi connectivity index (χ0v) is 23.0. The van der Waals surface area contributed by atoms with Crippen molar-refractivity contribution in [2.24, 2.45) is 0 Å². The molecule has 7 nitrogen and oxygen atoms in total. The van der Waals surface area contributed by atoms with Gasteiger partial charge in [0.15, 0.2) is 0 Å². The molecule has 0 aliphatic carbocycles. The van der Waals surface area contributed by atoms with Crippen molar-refractivity contribution in [2.45, 2.75) is 59.2 Å². The summed E-state index contributed by atoms with van der Waals surface area (Å²) >= 11 is 12.1. The highest BCUT2D eigenvalue weighted by molar-refractivity contribution is 7.92. The molecule has 2 amide bonds. The number of amides is 2. The number of halogens is 2. The molecule has 0 unspecified atom stereocenters. The van der Waals surface area contributed by atoms with Gasteiger partial charge in [-0.05, 0) is 56.0 Å². The topological polar surface area (TPSA) is 86.8 Å². The molecule has 0 saturated carbocycles. The molecular formula is C25H33Cl2N3O4S. The SMILES string of the molecule is CC[C@H](C(=O)N[C@@H](C)CC)N(Cc1ccccc1C)C(=O)CN(c1ccc(Cl)c(Cl)c1)S(C)(=O)=O. The third kappa shape index (κ3) is 7.85. The molecule has 0 radical (unpaired) electrons. The van der Waals surface area contributed by atoms with E-state index in [1.54, 1.807) is 0 Å². The molecule has 2 rings (SSSR count). The maximum atomic E-state index is 13.7. The van der Waals surface area contributed by atoms with Crippen molar-refractivity contribution in [3.8, 4) is 0 Å². The van der Waals surface area contributed by atoms with Gasteiger partial charge in [-0.25, -0.2) is 8.42 Å². The van der Waals surface area contributed by atoms with Crippen LogP contribution in [0.2, 0.25) is 10.0 Å². The van der Waals surface area contributed by atoms with Gasteiger partial charge < -0.3 is 10.2 Å². The Labute approximate surface area is 218 Å². The predicted molar refractivity (Wildman–Crippen MR) is 142 cm³/mol. The molecule has 2 aromatic rings.